The van der Waals surface area contributed by atoms with Crippen LogP contribution in [0.25, 0.3) is 0 Å². The number of anilines is 1. The van der Waals surface area contributed by atoms with Crippen molar-refractivity contribution < 1.29 is 14.3 Å². The largest absolute Gasteiger partial charge is 0.465 e. The Bertz CT molecular complexity index is 653. The van der Waals surface area contributed by atoms with E-state index >= 15 is 0 Å². The summed E-state index contributed by atoms with van der Waals surface area (Å²) < 4.78 is 4.63. The van der Waals surface area contributed by atoms with E-state index in [0.29, 0.717) is 16.9 Å². The van der Waals surface area contributed by atoms with Gasteiger partial charge in [0.15, 0.2) is 0 Å². The van der Waals surface area contributed by atoms with E-state index in [4.69, 9.17) is 0 Å². The lowest BCUT2D eigenvalue weighted by molar-refractivity contribution is 0.0600. The van der Waals surface area contributed by atoms with E-state index in [1.165, 1.54) is 13.2 Å². The number of carbonyl (C=O) groups is 2. The van der Waals surface area contributed by atoms with E-state index < -0.39 is 5.97 Å². The van der Waals surface area contributed by atoms with Gasteiger partial charge < -0.3 is 10.1 Å². The van der Waals surface area contributed by atoms with Crippen molar-refractivity contribution in [2.45, 2.75) is 6.92 Å². The van der Waals surface area contributed by atoms with Gasteiger partial charge in [0, 0.05) is 11.8 Å². The number of carbonyl (C=O) groups excluding carboxylic acids is 2. The molecular weight excluding hydrogens is 256 g/mol. The second-order valence-electron chi connectivity index (χ2n) is 4.20. The van der Waals surface area contributed by atoms with Crippen molar-refractivity contribution in [1.82, 2.24) is 4.98 Å². The molecule has 0 aliphatic carbocycles. The number of pyridine rings is 1. The molecule has 0 aliphatic rings. The van der Waals surface area contributed by atoms with Crippen LogP contribution in [0.1, 0.15) is 26.3 Å². The molecule has 5 nitrogen and oxygen atoms in total. The molecule has 1 amide bonds. The molecule has 0 aliphatic heterocycles. The topological polar surface area (TPSA) is 68.3 Å². The number of benzene rings is 1. The van der Waals surface area contributed by atoms with Crippen molar-refractivity contribution in [3.05, 3.63) is 59.3 Å². The Morgan fingerprint density at radius 2 is 1.90 bits per heavy atom. The monoisotopic (exact) mass is 270 g/mol. The highest BCUT2D eigenvalue weighted by Crippen LogP contribution is 2.12. The zero-order valence-electron chi connectivity index (χ0n) is 11.2. The number of aryl methyl sites for hydroxylation is 1. The van der Waals surface area contributed by atoms with E-state index in [-0.39, 0.29) is 5.91 Å². The first-order chi connectivity index (χ1) is 9.61. The van der Waals surface area contributed by atoms with Crippen LogP contribution in [0.15, 0.2) is 42.6 Å². The summed E-state index contributed by atoms with van der Waals surface area (Å²) in [6.45, 7) is 1.85. The molecule has 0 saturated carbocycles. The fraction of sp³-hybridized carbons (Fsp3) is 0.133. The number of nitrogens with zero attached hydrogens (tertiary/aromatic N) is 1. The number of aromatic nitrogens is 1. The normalized spacial score (nSPS) is 9.90. The van der Waals surface area contributed by atoms with Crippen molar-refractivity contribution >= 4 is 17.7 Å². The SMILES string of the molecule is COC(=O)c1cccc(C(=O)Nc2ncccc2C)c1. The van der Waals surface area contributed by atoms with Crippen LogP contribution in [0, 0.1) is 6.92 Å². The van der Waals surface area contributed by atoms with Crippen molar-refractivity contribution in [2.75, 3.05) is 12.4 Å². The molecule has 0 bridgehead atoms. The number of nitrogens with one attached hydrogen (secondary N) is 1. The fourth-order valence-corrected chi connectivity index (χ4v) is 1.70. The number of methoxy groups -OCH3 is 1. The van der Waals surface area contributed by atoms with Crippen LogP contribution < -0.4 is 5.32 Å². The molecule has 1 N–H and O–H groups in total. The maximum atomic E-state index is 12.1. The summed E-state index contributed by atoms with van der Waals surface area (Å²) in [5, 5.41) is 2.71. The standard InChI is InChI=1S/C15H14N2O3/c1-10-5-4-8-16-13(10)17-14(18)11-6-3-7-12(9-11)15(19)20-2/h3-9H,1-2H3,(H,16,17,18). The van der Waals surface area contributed by atoms with E-state index in [2.05, 4.69) is 15.0 Å². The van der Waals surface area contributed by atoms with Crippen LogP contribution in [-0.2, 0) is 4.74 Å². The maximum Gasteiger partial charge on any atom is 0.337 e. The van der Waals surface area contributed by atoms with Gasteiger partial charge in [0.2, 0.25) is 0 Å². The highest BCUT2D eigenvalue weighted by molar-refractivity contribution is 6.05. The second kappa shape index (κ2) is 5.97. The maximum absolute atomic E-state index is 12.1. The third-order valence-electron chi connectivity index (χ3n) is 2.79. The first kappa shape index (κ1) is 13.7. The Morgan fingerprint density at radius 1 is 1.15 bits per heavy atom. The van der Waals surface area contributed by atoms with Crippen molar-refractivity contribution in [1.29, 1.82) is 0 Å². The second-order valence-corrected chi connectivity index (χ2v) is 4.20. The Hall–Kier alpha value is -2.69. The van der Waals surface area contributed by atoms with Crippen LogP contribution >= 0.6 is 0 Å². The zero-order valence-corrected chi connectivity index (χ0v) is 11.2. The van der Waals surface area contributed by atoms with E-state index in [0.717, 1.165) is 5.56 Å². The third kappa shape index (κ3) is 3.00. The Kier molecular flexibility index (Phi) is 4.10. The van der Waals surface area contributed by atoms with Gasteiger partial charge in [-0.3, -0.25) is 4.79 Å². The highest BCUT2D eigenvalue weighted by atomic mass is 16.5. The molecule has 2 rings (SSSR count). The summed E-state index contributed by atoms with van der Waals surface area (Å²) in [6.07, 6.45) is 1.60. The molecule has 5 heteroatoms. The van der Waals surface area contributed by atoms with Crippen LogP contribution in [0.2, 0.25) is 0 Å². The van der Waals surface area contributed by atoms with E-state index in [1.54, 1.807) is 30.5 Å². The lowest BCUT2D eigenvalue weighted by Crippen LogP contribution is -2.14. The lowest BCUT2D eigenvalue weighted by Gasteiger charge is -2.07. The lowest BCUT2D eigenvalue weighted by atomic mass is 10.1. The van der Waals surface area contributed by atoms with Crippen LogP contribution in [0.4, 0.5) is 5.82 Å². The van der Waals surface area contributed by atoms with Crippen LogP contribution in [0.5, 0.6) is 0 Å². The van der Waals surface area contributed by atoms with E-state index in [9.17, 15) is 9.59 Å². The van der Waals surface area contributed by atoms with Crippen LogP contribution in [-0.4, -0.2) is 24.0 Å². The van der Waals surface area contributed by atoms with Crippen LogP contribution in [0.3, 0.4) is 0 Å². The van der Waals surface area contributed by atoms with Gasteiger partial charge in [-0.05, 0) is 36.8 Å². The minimum Gasteiger partial charge on any atom is -0.465 e. The molecule has 0 atom stereocenters. The van der Waals surface area contributed by atoms with Crippen molar-refractivity contribution in [3.63, 3.8) is 0 Å². The molecule has 0 spiro atoms. The first-order valence-electron chi connectivity index (χ1n) is 6.03. The average molecular weight is 270 g/mol. The number of hydrogen-bond donors (Lipinski definition) is 1. The van der Waals surface area contributed by atoms with Gasteiger partial charge in [0.05, 0.1) is 12.7 Å². The average Bonchev–Trinajstić information content (AvgIpc) is 2.49. The molecule has 0 unspecified atom stereocenters. The third-order valence-corrected chi connectivity index (χ3v) is 2.79. The summed E-state index contributed by atoms with van der Waals surface area (Å²) in [4.78, 5) is 27.7. The first-order valence-corrected chi connectivity index (χ1v) is 6.03. The van der Waals surface area contributed by atoms with Gasteiger partial charge >= 0.3 is 5.97 Å². The predicted molar refractivity (Wildman–Crippen MR) is 74.7 cm³/mol. The predicted octanol–water partition coefficient (Wildman–Crippen LogP) is 2.43. The van der Waals surface area contributed by atoms with Crippen molar-refractivity contribution in [2.24, 2.45) is 0 Å². The summed E-state index contributed by atoms with van der Waals surface area (Å²) in [5.74, 6) is -0.299. The Morgan fingerprint density at radius 3 is 2.60 bits per heavy atom. The van der Waals surface area contributed by atoms with E-state index in [1.807, 2.05) is 13.0 Å². The fourth-order valence-electron chi connectivity index (χ4n) is 1.70. The number of esters is 1. The van der Waals surface area contributed by atoms with Gasteiger partial charge in [-0.1, -0.05) is 12.1 Å². The summed E-state index contributed by atoms with van der Waals surface area (Å²) in [7, 11) is 1.30. The summed E-state index contributed by atoms with van der Waals surface area (Å²) in [5.41, 5.74) is 1.57. The Labute approximate surface area is 116 Å². The molecule has 1 heterocycles. The smallest absolute Gasteiger partial charge is 0.337 e. The highest BCUT2D eigenvalue weighted by Gasteiger charge is 2.11. The summed E-state index contributed by atoms with van der Waals surface area (Å²) >= 11 is 0. The minimum atomic E-state index is -0.478. The molecule has 20 heavy (non-hydrogen) atoms. The number of ether oxygens (including phenoxy) is 1. The van der Waals surface area contributed by atoms with Gasteiger partial charge in [0.1, 0.15) is 5.82 Å². The van der Waals surface area contributed by atoms with Gasteiger partial charge in [-0.25, -0.2) is 9.78 Å². The minimum absolute atomic E-state index is 0.322. The molecule has 1 aromatic carbocycles. The van der Waals surface area contributed by atoms with Gasteiger partial charge in [0.25, 0.3) is 5.91 Å². The summed E-state index contributed by atoms with van der Waals surface area (Å²) in [6, 6.07) is 9.98. The molecule has 102 valence electrons. The molecule has 2 aromatic rings. The quantitative estimate of drug-likeness (QED) is 0.870. The number of rotatable bonds is 3. The van der Waals surface area contributed by atoms with Gasteiger partial charge in [-0.15, -0.1) is 0 Å². The molecule has 0 fully saturated rings. The molecule has 1 aromatic heterocycles. The zero-order chi connectivity index (χ0) is 14.5. The molecular formula is C15H14N2O3. The Balaban J connectivity index is 2.22. The van der Waals surface area contributed by atoms with Gasteiger partial charge in [-0.2, -0.15) is 0 Å². The molecule has 0 radical (unpaired) electrons. The molecule has 0 saturated heterocycles. The van der Waals surface area contributed by atoms with Crippen molar-refractivity contribution in [3.8, 4) is 0 Å². The number of hydrogen-bond acceptors (Lipinski definition) is 4. The number of amides is 1.